The molecule has 1 atom stereocenters. The summed E-state index contributed by atoms with van der Waals surface area (Å²) in [6.07, 6.45) is 0. The van der Waals surface area contributed by atoms with E-state index in [9.17, 15) is 9.59 Å². The van der Waals surface area contributed by atoms with E-state index in [1.807, 2.05) is 19.9 Å². The lowest BCUT2D eigenvalue weighted by Crippen LogP contribution is -2.38. The Kier molecular flexibility index (Phi) is 3.66. The summed E-state index contributed by atoms with van der Waals surface area (Å²) in [5, 5.41) is 11.1. The molecule has 0 unspecified atom stereocenters. The van der Waals surface area contributed by atoms with Gasteiger partial charge in [0.15, 0.2) is 0 Å². The number of carbonyl (C=O) groups is 2. The van der Waals surface area contributed by atoms with Crippen LogP contribution >= 0.6 is 0 Å². The maximum atomic E-state index is 11.7. The summed E-state index contributed by atoms with van der Waals surface area (Å²) in [4.78, 5) is 22.3. The minimum atomic E-state index is -1.04. The maximum absolute atomic E-state index is 11.7. The molecule has 0 aliphatic heterocycles. The van der Waals surface area contributed by atoms with Crippen LogP contribution in [0.15, 0.2) is 18.2 Å². The van der Waals surface area contributed by atoms with E-state index in [1.54, 1.807) is 12.1 Å². The number of aliphatic carboxylic acids is 1. The molecule has 0 aromatic heterocycles. The Bertz CT molecular complexity index is 406. The molecule has 86 valence electrons. The third kappa shape index (κ3) is 3.08. The Morgan fingerprint density at radius 2 is 1.69 bits per heavy atom. The fourth-order valence-corrected chi connectivity index (χ4v) is 1.45. The Morgan fingerprint density at radius 3 is 2.12 bits per heavy atom. The highest BCUT2D eigenvalue weighted by molar-refractivity contribution is 5.96. The molecular formula is C12H15NO3. The van der Waals surface area contributed by atoms with Crippen molar-refractivity contribution in [1.82, 2.24) is 5.32 Å². The molecule has 2 N–H and O–H groups in total. The number of rotatable bonds is 3. The highest BCUT2D eigenvalue weighted by Crippen LogP contribution is 2.08. The van der Waals surface area contributed by atoms with Gasteiger partial charge in [0.1, 0.15) is 6.04 Å². The number of carboxylic acid groups (broad SMARTS) is 1. The van der Waals surface area contributed by atoms with Gasteiger partial charge in [0, 0.05) is 5.56 Å². The second kappa shape index (κ2) is 4.79. The largest absolute Gasteiger partial charge is 0.480 e. The van der Waals surface area contributed by atoms with Crippen LogP contribution in [0.25, 0.3) is 0 Å². The number of hydrogen-bond donors (Lipinski definition) is 2. The summed E-state index contributed by atoms with van der Waals surface area (Å²) in [6.45, 7) is 5.22. The van der Waals surface area contributed by atoms with Gasteiger partial charge in [-0.1, -0.05) is 17.2 Å². The fourth-order valence-electron chi connectivity index (χ4n) is 1.45. The predicted molar refractivity (Wildman–Crippen MR) is 60.5 cm³/mol. The van der Waals surface area contributed by atoms with Crippen molar-refractivity contribution in [1.29, 1.82) is 0 Å². The van der Waals surface area contributed by atoms with Crippen molar-refractivity contribution < 1.29 is 14.7 Å². The number of carboxylic acids is 1. The Balaban J connectivity index is 2.84. The molecule has 0 aliphatic carbocycles. The lowest BCUT2D eigenvalue weighted by atomic mass is 10.1. The standard InChI is InChI=1S/C12H15NO3/c1-7-4-8(2)6-10(5-7)11(14)13-9(3)12(15)16/h4-6,9H,1-3H3,(H,13,14)(H,15,16)/t9-/m0/s1. The van der Waals surface area contributed by atoms with Crippen LogP contribution in [0.4, 0.5) is 0 Å². The van der Waals surface area contributed by atoms with Gasteiger partial charge in [0.2, 0.25) is 0 Å². The van der Waals surface area contributed by atoms with Crippen LogP contribution in [0.3, 0.4) is 0 Å². The molecule has 1 amide bonds. The Labute approximate surface area is 94.3 Å². The highest BCUT2D eigenvalue weighted by atomic mass is 16.4. The zero-order valence-corrected chi connectivity index (χ0v) is 9.57. The van der Waals surface area contributed by atoms with Crippen molar-refractivity contribution >= 4 is 11.9 Å². The first-order chi connectivity index (χ1) is 7.40. The number of nitrogens with one attached hydrogen (secondary N) is 1. The van der Waals surface area contributed by atoms with Gasteiger partial charge in [-0.15, -0.1) is 0 Å². The van der Waals surface area contributed by atoms with Crippen LogP contribution in [0.1, 0.15) is 28.4 Å². The van der Waals surface area contributed by atoms with E-state index >= 15 is 0 Å². The maximum Gasteiger partial charge on any atom is 0.325 e. The van der Waals surface area contributed by atoms with Gasteiger partial charge in [0.25, 0.3) is 5.91 Å². The number of hydrogen-bond acceptors (Lipinski definition) is 2. The fraction of sp³-hybridized carbons (Fsp3) is 0.333. The molecule has 1 aromatic carbocycles. The van der Waals surface area contributed by atoms with Crippen molar-refractivity contribution in [2.75, 3.05) is 0 Å². The smallest absolute Gasteiger partial charge is 0.325 e. The molecule has 1 aromatic rings. The molecule has 0 saturated carbocycles. The van der Waals surface area contributed by atoms with E-state index in [2.05, 4.69) is 5.32 Å². The molecule has 16 heavy (non-hydrogen) atoms. The second-order valence-corrected chi connectivity index (χ2v) is 3.91. The predicted octanol–water partition coefficient (Wildman–Crippen LogP) is 1.51. The monoisotopic (exact) mass is 221 g/mol. The lowest BCUT2D eigenvalue weighted by molar-refractivity contribution is -0.138. The number of aryl methyl sites for hydroxylation is 2. The highest BCUT2D eigenvalue weighted by Gasteiger charge is 2.15. The molecule has 0 fully saturated rings. The van der Waals surface area contributed by atoms with E-state index < -0.39 is 12.0 Å². The van der Waals surface area contributed by atoms with Crippen molar-refractivity contribution in [3.8, 4) is 0 Å². The SMILES string of the molecule is Cc1cc(C)cc(C(=O)N[C@@H](C)C(=O)O)c1. The first kappa shape index (κ1) is 12.2. The zero-order valence-electron chi connectivity index (χ0n) is 9.57. The first-order valence-corrected chi connectivity index (χ1v) is 5.02. The summed E-state index contributed by atoms with van der Waals surface area (Å²) in [5.74, 6) is -1.40. The number of amides is 1. The van der Waals surface area contributed by atoms with Gasteiger partial charge < -0.3 is 10.4 Å². The minimum Gasteiger partial charge on any atom is -0.480 e. The van der Waals surface area contributed by atoms with Crippen molar-refractivity contribution in [3.05, 3.63) is 34.9 Å². The molecule has 0 saturated heterocycles. The van der Waals surface area contributed by atoms with Crippen LogP contribution in [-0.4, -0.2) is 23.0 Å². The van der Waals surface area contributed by atoms with Crippen LogP contribution in [0.5, 0.6) is 0 Å². The second-order valence-electron chi connectivity index (χ2n) is 3.91. The Morgan fingerprint density at radius 1 is 1.19 bits per heavy atom. The summed E-state index contributed by atoms with van der Waals surface area (Å²) in [7, 11) is 0. The number of benzene rings is 1. The normalized spacial score (nSPS) is 11.9. The van der Waals surface area contributed by atoms with E-state index in [4.69, 9.17) is 5.11 Å². The van der Waals surface area contributed by atoms with Crippen molar-refractivity contribution in [3.63, 3.8) is 0 Å². The third-order valence-corrected chi connectivity index (χ3v) is 2.20. The van der Waals surface area contributed by atoms with E-state index in [0.29, 0.717) is 5.56 Å². The molecule has 1 rings (SSSR count). The average Bonchev–Trinajstić information content (AvgIpc) is 2.15. The molecular weight excluding hydrogens is 206 g/mol. The van der Waals surface area contributed by atoms with Gasteiger partial charge >= 0.3 is 5.97 Å². The average molecular weight is 221 g/mol. The minimum absolute atomic E-state index is 0.360. The lowest BCUT2D eigenvalue weighted by Gasteiger charge is -2.10. The summed E-state index contributed by atoms with van der Waals surface area (Å²) in [6, 6.07) is 4.54. The summed E-state index contributed by atoms with van der Waals surface area (Å²) in [5.41, 5.74) is 2.45. The molecule has 0 spiro atoms. The molecule has 0 radical (unpaired) electrons. The molecule has 0 aliphatic rings. The van der Waals surface area contributed by atoms with Gasteiger partial charge in [-0.25, -0.2) is 0 Å². The van der Waals surface area contributed by atoms with Gasteiger partial charge in [-0.2, -0.15) is 0 Å². The van der Waals surface area contributed by atoms with Crippen LogP contribution in [0, 0.1) is 13.8 Å². The summed E-state index contributed by atoms with van der Waals surface area (Å²) < 4.78 is 0. The molecule has 4 nitrogen and oxygen atoms in total. The van der Waals surface area contributed by atoms with Gasteiger partial charge in [-0.3, -0.25) is 9.59 Å². The quantitative estimate of drug-likeness (QED) is 0.813. The van der Waals surface area contributed by atoms with Crippen LogP contribution < -0.4 is 5.32 Å². The zero-order chi connectivity index (χ0) is 12.3. The number of carbonyl (C=O) groups excluding carboxylic acids is 1. The molecule has 4 heteroatoms. The first-order valence-electron chi connectivity index (χ1n) is 5.02. The van der Waals surface area contributed by atoms with E-state index in [-0.39, 0.29) is 5.91 Å². The molecule has 0 bridgehead atoms. The van der Waals surface area contributed by atoms with Crippen LogP contribution in [0.2, 0.25) is 0 Å². The topological polar surface area (TPSA) is 66.4 Å². The molecule has 0 heterocycles. The van der Waals surface area contributed by atoms with Crippen molar-refractivity contribution in [2.24, 2.45) is 0 Å². The van der Waals surface area contributed by atoms with Crippen LogP contribution in [-0.2, 0) is 4.79 Å². The summed E-state index contributed by atoms with van der Waals surface area (Å²) >= 11 is 0. The van der Waals surface area contributed by atoms with E-state index in [0.717, 1.165) is 11.1 Å². The Hall–Kier alpha value is -1.84. The van der Waals surface area contributed by atoms with Crippen molar-refractivity contribution in [2.45, 2.75) is 26.8 Å². The van der Waals surface area contributed by atoms with E-state index in [1.165, 1.54) is 6.92 Å². The third-order valence-electron chi connectivity index (χ3n) is 2.20. The van der Waals surface area contributed by atoms with Gasteiger partial charge in [0.05, 0.1) is 0 Å². The van der Waals surface area contributed by atoms with Gasteiger partial charge in [-0.05, 0) is 32.9 Å².